The van der Waals surface area contributed by atoms with Gasteiger partial charge in [-0.05, 0) is 42.4 Å². The maximum Gasteiger partial charge on any atom is 0.387 e. The highest BCUT2D eigenvalue weighted by molar-refractivity contribution is 8.93. The number of benzene rings is 2. The summed E-state index contributed by atoms with van der Waals surface area (Å²) >= 11 is 1.67. The highest BCUT2D eigenvalue weighted by Gasteiger charge is 2.56. The number of aliphatic hydroxyl groups is 1. The number of thioether (sulfide) groups is 1. The Balaban J connectivity index is 0.00000210. The Morgan fingerprint density at radius 3 is 2.56 bits per heavy atom. The molecule has 0 saturated heterocycles. The van der Waals surface area contributed by atoms with Crippen LogP contribution in [0, 0.1) is 0 Å². The fraction of sp³-hybridized carbons (Fsp3) is 0.316. The van der Waals surface area contributed by atoms with Crippen molar-refractivity contribution in [2.24, 2.45) is 0 Å². The van der Waals surface area contributed by atoms with Crippen molar-refractivity contribution in [1.29, 1.82) is 0 Å². The maximum atomic E-state index is 12.9. The predicted molar refractivity (Wildman–Crippen MR) is 108 cm³/mol. The molecule has 0 aromatic heterocycles. The van der Waals surface area contributed by atoms with Crippen LogP contribution in [0.25, 0.3) is 0 Å². The molecule has 2 aliphatic rings. The van der Waals surface area contributed by atoms with Crippen LogP contribution in [0.3, 0.4) is 0 Å². The van der Waals surface area contributed by atoms with E-state index in [1.165, 1.54) is 6.07 Å². The Bertz CT molecular complexity index is 837. The zero-order valence-corrected chi connectivity index (χ0v) is 17.0. The molecule has 4 nitrogen and oxygen atoms in total. The van der Waals surface area contributed by atoms with Crippen LogP contribution in [-0.4, -0.2) is 40.3 Å². The van der Waals surface area contributed by atoms with Gasteiger partial charge in [0.05, 0.1) is 12.1 Å². The Hall–Kier alpha value is -1.64. The molecule has 0 saturated carbocycles. The second kappa shape index (κ2) is 8.16. The molecular weight excluding hydrogens is 438 g/mol. The van der Waals surface area contributed by atoms with E-state index in [1.54, 1.807) is 30.0 Å². The second-order valence-corrected chi connectivity index (χ2v) is 7.33. The summed E-state index contributed by atoms with van der Waals surface area (Å²) < 4.78 is 32.6. The summed E-state index contributed by atoms with van der Waals surface area (Å²) in [6, 6.07) is 16.0. The number of hydrogen-bond acceptors (Lipinski definition) is 4. The zero-order valence-electron chi connectivity index (χ0n) is 14.4. The summed E-state index contributed by atoms with van der Waals surface area (Å²) in [6.07, 6.45) is 1.02. The lowest BCUT2D eigenvalue weighted by atomic mass is 10.00. The molecule has 2 aliphatic heterocycles. The van der Waals surface area contributed by atoms with Crippen LogP contribution in [0.4, 0.5) is 14.5 Å². The van der Waals surface area contributed by atoms with E-state index in [-0.39, 0.29) is 22.7 Å². The van der Waals surface area contributed by atoms with Crippen molar-refractivity contribution in [3.8, 4) is 5.75 Å². The average Bonchev–Trinajstić information content (AvgIpc) is 2.95. The van der Waals surface area contributed by atoms with Crippen molar-refractivity contribution >= 4 is 39.6 Å². The van der Waals surface area contributed by atoms with E-state index in [0.29, 0.717) is 12.1 Å². The number of rotatable bonds is 4. The van der Waals surface area contributed by atoms with Crippen LogP contribution in [0.15, 0.2) is 54.6 Å². The molecule has 2 heterocycles. The predicted octanol–water partition coefficient (Wildman–Crippen LogP) is 4.04. The number of anilines is 1. The van der Waals surface area contributed by atoms with Crippen LogP contribution in [0.5, 0.6) is 5.75 Å². The summed E-state index contributed by atoms with van der Waals surface area (Å²) in [7, 11) is 0. The van der Waals surface area contributed by atoms with Crippen LogP contribution in [0.2, 0.25) is 0 Å². The van der Waals surface area contributed by atoms with E-state index in [9.17, 15) is 13.9 Å². The average molecular weight is 458 g/mol. The molecule has 2 aromatic rings. The van der Waals surface area contributed by atoms with Crippen LogP contribution < -0.4 is 9.64 Å². The number of ether oxygens (including phenoxy) is 1. The van der Waals surface area contributed by atoms with Crippen molar-refractivity contribution in [1.82, 2.24) is 0 Å². The number of halogens is 3. The molecule has 27 heavy (non-hydrogen) atoms. The van der Waals surface area contributed by atoms with Crippen LogP contribution in [-0.2, 0) is 5.72 Å². The van der Waals surface area contributed by atoms with E-state index >= 15 is 0 Å². The Morgan fingerprint density at radius 1 is 1.11 bits per heavy atom. The monoisotopic (exact) mass is 457 g/mol. The molecular formula is C19H20BrF2N2O2S+. The van der Waals surface area contributed by atoms with Gasteiger partial charge in [-0.25, -0.2) is 4.58 Å². The van der Waals surface area contributed by atoms with Gasteiger partial charge >= 0.3 is 11.8 Å². The first-order valence-corrected chi connectivity index (χ1v) is 9.45. The third kappa shape index (κ3) is 3.70. The minimum atomic E-state index is -2.95. The van der Waals surface area contributed by atoms with Crippen molar-refractivity contribution in [2.45, 2.75) is 18.8 Å². The van der Waals surface area contributed by atoms with Gasteiger partial charge in [-0.1, -0.05) is 30.3 Å². The van der Waals surface area contributed by atoms with E-state index in [2.05, 4.69) is 4.58 Å². The van der Waals surface area contributed by atoms with Gasteiger partial charge in [-0.3, -0.25) is 0 Å². The van der Waals surface area contributed by atoms with E-state index in [0.717, 1.165) is 29.6 Å². The molecule has 0 bridgehead atoms. The van der Waals surface area contributed by atoms with E-state index in [1.807, 2.05) is 35.2 Å². The van der Waals surface area contributed by atoms with E-state index in [4.69, 9.17) is 4.74 Å². The fourth-order valence-electron chi connectivity index (χ4n) is 3.56. The lowest BCUT2D eigenvalue weighted by Crippen LogP contribution is -2.47. The van der Waals surface area contributed by atoms with Gasteiger partial charge in [0.25, 0.3) is 5.72 Å². The van der Waals surface area contributed by atoms with Crippen molar-refractivity contribution in [2.75, 3.05) is 23.7 Å². The van der Waals surface area contributed by atoms with Gasteiger partial charge in [-0.15, -0.1) is 17.0 Å². The van der Waals surface area contributed by atoms with Gasteiger partial charge in [0, 0.05) is 5.75 Å². The summed E-state index contributed by atoms with van der Waals surface area (Å²) in [6.45, 7) is -1.82. The van der Waals surface area contributed by atoms with Gasteiger partial charge < -0.3 is 9.84 Å². The number of hydrogen-bond donors (Lipinski definition) is 1. The smallest absolute Gasteiger partial charge is 0.387 e. The van der Waals surface area contributed by atoms with Crippen LogP contribution >= 0.6 is 28.7 Å². The topological polar surface area (TPSA) is 35.7 Å². The van der Waals surface area contributed by atoms with Crippen molar-refractivity contribution < 1.29 is 23.2 Å². The second-order valence-electron chi connectivity index (χ2n) is 6.27. The number of amidine groups is 1. The molecule has 0 spiro atoms. The Kier molecular flexibility index (Phi) is 6.08. The standard InChI is InChI=1S/C19H19F2N2O2S.BrH/c20-17(21)25-16-10-5-4-9-15(16)19(24)13-22-11-6-12-26-18(22)23(19)14-7-2-1-3-8-14;/h1-5,7-10,17,24H,6,11-13H2;1H/q+1;. The van der Waals surface area contributed by atoms with Crippen LogP contribution in [0.1, 0.15) is 12.0 Å². The summed E-state index contributed by atoms with van der Waals surface area (Å²) in [5.41, 5.74) is -0.333. The third-order valence-electron chi connectivity index (χ3n) is 4.60. The lowest BCUT2D eigenvalue weighted by Gasteiger charge is -2.29. The lowest BCUT2D eigenvalue weighted by molar-refractivity contribution is -0.532. The maximum absolute atomic E-state index is 12.9. The fourth-order valence-corrected chi connectivity index (χ4v) is 4.74. The molecule has 1 N–H and O–H groups in total. The SMILES string of the molecule is Br.OC1(c2ccccc2OC(F)F)C[N+]2=C(SCCC2)N1c1ccccc1. The van der Waals surface area contributed by atoms with Gasteiger partial charge in [-0.2, -0.15) is 13.7 Å². The number of para-hydroxylation sites is 2. The summed E-state index contributed by atoms with van der Waals surface area (Å²) in [5, 5.41) is 12.7. The Labute approximate surface area is 171 Å². The van der Waals surface area contributed by atoms with Gasteiger partial charge in [0.1, 0.15) is 11.4 Å². The number of alkyl halides is 2. The summed E-state index contributed by atoms with van der Waals surface area (Å²) in [5.74, 6) is 0.955. The molecule has 2 aromatic carbocycles. The molecule has 144 valence electrons. The van der Waals surface area contributed by atoms with Crippen molar-refractivity contribution in [3.05, 3.63) is 60.2 Å². The normalized spacial score (nSPS) is 21.9. The highest BCUT2D eigenvalue weighted by atomic mass is 79.9. The quantitative estimate of drug-likeness (QED) is 0.702. The molecule has 4 rings (SSSR count). The zero-order chi connectivity index (χ0) is 18.1. The first kappa shape index (κ1) is 20.1. The number of nitrogens with zero attached hydrogens (tertiary/aromatic N) is 2. The molecule has 0 fully saturated rings. The van der Waals surface area contributed by atoms with Gasteiger partial charge in [0.2, 0.25) is 0 Å². The minimum absolute atomic E-state index is 0. The minimum Gasteiger partial charge on any atom is -0.434 e. The van der Waals surface area contributed by atoms with E-state index < -0.39 is 12.3 Å². The molecule has 0 radical (unpaired) electrons. The molecule has 8 heteroatoms. The Morgan fingerprint density at radius 2 is 1.81 bits per heavy atom. The third-order valence-corrected chi connectivity index (χ3v) is 5.79. The molecule has 0 amide bonds. The van der Waals surface area contributed by atoms with Gasteiger partial charge in [0.15, 0.2) is 6.54 Å². The summed E-state index contributed by atoms with van der Waals surface area (Å²) in [4.78, 5) is 1.84. The largest absolute Gasteiger partial charge is 0.434 e. The van der Waals surface area contributed by atoms with Crippen molar-refractivity contribution in [3.63, 3.8) is 0 Å². The first-order valence-electron chi connectivity index (χ1n) is 8.46. The first-order chi connectivity index (χ1) is 12.6. The molecule has 1 atom stereocenters. The highest BCUT2D eigenvalue weighted by Crippen LogP contribution is 2.42. The molecule has 0 aliphatic carbocycles. The molecule has 1 unspecified atom stereocenters.